The van der Waals surface area contributed by atoms with Gasteiger partial charge in [0.25, 0.3) is 11.2 Å². The molecule has 1 amide bonds. The third-order valence-electron chi connectivity index (χ3n) is 4.22. The topological polar surface area (TPSA) is 116 Å². The van der Waals surface area contributed by atoms with Gasteiger partial charge in [-0.05, 0) is 36.8 Å². The summed E-state index contributed by atoms with van der Waals surface area (Å²) in [6, 6.07) is 14.2. The van der Waals surface area contributed by atoms with Crippen molar-refractivity contribution in [1.29, 1.82) is 0 Å². The number of rotatable bonds is 6. The van der Waals surface area contributed by atoms with Crippen molar-refractivity contribution in [2.75, 3.05) is 12.4 Å². The van der Waals surface area contributed by atoms with Gasteiger partial charge in [0.2, 0.25) is 5.91 Å². The number of carbonyl (C=O) groups excluding carboxylic acids is 1. The van der Waals surface area contributed by atoms with Crippen LogP contribution in [-0.4, -0.2) is 27.7 Å². The quantitative estimate of drug-likeness (QED) is 0.508. The van der Waals surface area contributed by atoms with Crippen molar-refractivity contribution < 1.29 is 14.5 Å². The summed E-state index contributed by atoms with van der Waals surface area (Å²) in [6.45, 7) is 1.35. The van der Waals surface area contributed by atoms with Crippen LogP contribution in [0.25, 0.3) is 11.3 Å². The van der Waals surface area contributed by atoms with E-state index in [1.165, 1.54) is 24.3 Å². The van der Waals surface area contributed by atoms with Crippen LogP contribution in [-0.2, 0) is 11.3 Å². The van der Waals surface area contributed by atoms with E-state index in [2.05, 4.69) is 10.4 Å². The Morgan fingerprint density at radius 1 is 1.21 bits per heavy atom. The molecule has 2 aromatic carbocycles. The van der Waals surface area contributed by atoms with E-state index in [-0.39, 0.29) is 12.2 Å². The van der Waals surface area contributed by atoms with Gasteiger partial charge in [0.15, 0.2) is 0 Å². The van der Waals surface area contributed by atoms with E-state index in [0.717, 1.165) is 10.2 Å². The summed E-state index contributed by atoms with van der Waals surface area (Å²) in [7, 11) is 1.55. The molecule has 148 valence electrons. The van der Waals surface area contributed by atoms with Crippen molar-refractivity contribution in [3.63, 3.8) is 0 Å². The Kier molecular flexibility index (Phi) is 5.68. The molecule has 0 bridgehead atoms. The number of nitro groups is 1. The molecule has 0 saturated carbocycles. The van der Waals surface area contributed by atoms with Crippen molar-refractivity contribution in [1.82, 2.24) is 9.78 Å². The van der Waals surface area contributed by atoms with E-state index in [1.54, 1.807) is 38.3 Å². The summed E-state index contributed by atoms with van der Waals surface area (Å²) in [4.78, 5) is 34.8. The lowest BCUT2D eigenvalue weighted by Crippen LogP contribution is -2.29. The molecule has 3 rings (SSSR count). The van der Waals surface area contributed by atoms with E-state index in [4.69, 9.17) is 4.74 Å². The van der Waals surface area contributed by atoms with Gasteiger partial charge >= 0.3 is 0 Å². The summed E-state index contributed by atoms with van der Waals surface area (Å²) in [6.07, 6.45) is 0. The molecule has 0 atom stereocenters. The zero-order valence-corrected chi connectivity index (χ0v) is 15.8. The average Bonchev–Trinajstić information content (AvgIpc) is 2.71. The van der Waals surface area contributed by atoms with Gasteiger partial charge in [-0.1, -0.05) is 12.1 Å². The molecular weight excluding hydrogens is 376 g/mol. The first kappa shape index (κ1) is 19.7. The number of anilines is 1. The fraction of sp³-hybridized carbons (Fsp3) is 0.150. The second kappa shape index (κ2) is 8.34. The van der Waals surface area contributed by atoms with Gasteiger partial charge in [-0.25, -0.2) is 4.68 Å². The van der Waals surface area contributed by atoms with Crippen LogP contribution in [0, 0.1) is 17.0 Å². The standard InChI is InChI=1S/C20H18N4O5/c1-13-10-15(24(27)28)6-7-17(13)21-19(25)12-23-20(26)9-8-18(22-23)14-4-3-5-16(11-14)29-2/h3-11H,12H2,1-2H3,(H,21,25). The van der Waals surface area contributed by atoms with Gasteiger partial charge in [0.1, 0.15) is 12.3 Å². The van der Waals surface area contributed by atoms with Crippen LogP contribution in [0.2, 0.25) is 0 Å². The lowest BCUT2D eigenvalue weighted by molar-refractivity contribution is -0.384. The first-order valence-electron chi connectivity index (χ1n) is 8.65. The first-order chi connectivity index (χ1) is 13.9. The highest BCUT2D eigenvalue weighted by atomic mass is 16.6. The first-order valence-corrected chi connectivity index (χ1v) is 8.65. The zero-order valence-electron chi connectivity index (χ0n) is 15.8. The Balaban J connectivity index is 1.80. The number of nitro benzene ring substituents is 1. The van der Waals surface area contributed by atoms with Crippen molar-refractivity contribution in [3.8, 4) is 17.0 Å². The van der Waals surface area contributed by atoms with Crippen molar-refractivity contribution >= 4 is 17.3 Å². The lowest BCUT2D eigenvalue weighted by atomic mass is 10.1. The predicted molar refractivity (Wildman–Crippen MR) is 107 cm³/mol. The smallest absolute Gasteiger partial charge is 0.269 e. The number of methoxy groups -OCH3 is 1. The van der Waals surface area contributed by atoms with Gasteiger partial charge < -0.3 is 10.1 Å². The lowest BCUT2D eigenvalue weighted by Gasteiger charge is -2.10. The molecule has 9 heteroatoms. The molecule has 0 aliphatic rings. The van der Waals surface area contributed by atoms with E-state index in [1.807, 2.05) is 6.07 Å². The minimum atomic E-state index is -0.508. The van der Waals surface area contributed by atoms with Crippen molar-refractivity contribution in [2.24, 2.45) is 0 Å². The van der Waals surface area contributed by atoms with Crippen molar-refractivity contribution in [2.45, 2.75) is 13.5 Å². The normalized spacial score (nSPS) is 10.4. The molecule has 0 fully saturated rings. The van der Waals surface area contributed by atoms with E-state index < -0.39 is 16.4 Å². The number of benzene rings is 2. The number of amides is 1. The molecule has 0 aliphatic carbocycles. The number of hydrogen-bond acceptors (Lipinski definition) is 6. The van der Waals surface area contributed by atoms with E-state index >= 15 is 0 Å². The summed E-state index contributed by atoms with van der Waals surface area (Å²) in [5, 5.41) is 17.7. The Labute approximate surface area is 165 Å². The molecule has 0 aliphatic heterocycles. The third-order valence-corrected chi connectivity index (χ3v) is 4.22. The fourth-order valence-corrected chi connectivity index (χ4v) is 2.73. The Morgan fingerprint density at radius 2 is 2.00 bits per heavy atom. The molecule has 9 nitrogen and oxygen atoms in total. The number of non-ortho nitro benzene ring substituents is 1. The molecule has 3 aromatic rings. The summed E-state index contributed by atoms with van der Waals surface area (Å²) in [5.41, 5.74) is 1.74. The van der Waals surface area contributed by atoms with Crippen LogP contribution < -0.4 is 15.6 Å². The van der Waals surface area contributed by atoms with E-state index in [0.29, 0.717) is 22.7 Å². The van der Waals surface area contributed by atoms with Crippen LogP contribution in [0.5, 0.6) is 5.75 Å². The van der Waals surface area contributed by atoms with Crippen LogP contribution in [0.1, 0.15) is 5.56 Å². The van der Waals surface area contributed by atoms with Gasteiger partial charge in [0.05, 0.1) is 17.7 Å². The predicted octanol–water partition coefficient (Wildman–Crippen LogP) is 2.77. The van der Waals surface area contributed by atoms with Crippen LogP contribution in [0.15, 0.2) is 59.4 Å². The minimum Gasteiger partial charge on any atom is -0.497 e. The summed E-state index contributed by atoms with van der Waals surface area (Å²) in [5.74, 6) is 0.174. The van der Waals surface area contributed by atoms with E-state index in [9.17, 15) is 19.7 Å². The zero-order chi connectivity index (χ0) is 21.0. The molecule has 1 aromatic heterocycles. The Hall–Kier alpha value is -4.01. The Bertz CT molecular complexity index is 1140. The van der Waals surface area contributed by atoms with Crippen LogP contribution >= 0.6 is 0 Å². The number of aryl methyl sites for hydroxylation is 1. The summed E-state index contributed by atoms with van der Waals surface area (Å²) >= 11 is 0. The second-order valence-electron chi connectivity index (χ2n) is 6.25. The van der Waals surface area contributed by atoms with Crippen molar-refractivity contribution in [3.05, 3.63) is 80.6 Å². The molecule has 0 radical (unpaired) electrons. The third kappa shape index (κ3) is 4.64. The molecule has 1 N–H and O–H groups in total. The Morgan fingerprint density at radius 3 is 2.69 bits per heavy atom. The van der Waals surface area contributed by atoms with Gasteiger partial charge in [0, 0.05) is 29.4 Å². The largest absolute Gasteiger partial charge is 0.497 e. The highest BCUT2D eigenvalue weighted by molar-refractivity contribution is 5.91. The molecular formula is C20H18N4O5. The van der Waals surface area contributed by atoms with Gasteiger partial charge in [-0.3, -0.25) is 19.7 Å². The van der Waals surface area contributed by atoms with Gasteiger partial charge in [-0.2, -0.15) is 5.10 Å². The molecule has 0 unspecified atom stereocenters. The number of hydrogen-bond donors (Lipinski definition) is 1. The SMILES string of the molecule is COc1cccc(-c2ccc(=O)n(CC(=O)Nc3ccc([N+](=O)[O-])cc3C)n2)c1. The maximum atomic E-state index is 12.4. The van der Waals surface area contributed by atoms with Crippen LogP contribution in [0.3, 0.4) is 0 Å². The molecule has 29 heavy (non-hydrogen) atoms. The highest BCUT2D eigenvalue weighted by Gasteiger charge is 2.12. The maximum absolute atomic E-state index is 12.4. The highest BCUT2D eigenvalue weighted by Crippen LogP contribution is 2.22. The maximum Gasteiger partial charge on any atom is 0.269 e. The van der Waals surface area contributed by atoms with Gasteiger partial charge in [-0.15, -0.1) is 0 Å². The average molecular weight is 394 g/mol. The number of aromatic nitrogens is 2. The number of ether oxygens (including phenoxy) is 1. The monoisotopic (exact) mass is 394 g/mol. The number of carbonyl (C=O) groups is 1. The minimum absolute atomic E-state index is 0.0654. The molecule has 0 saturated heterocycles. The molecule has 0 spiro atoms. The molecule has 1 heterocycles. The fourth-order valence-electron chi connectivity index (χ4n) is 2.73. The summed E-state index contributed by atoms with van der Waals surface area (Å²) < 4.78 is 6.25. The number of nitrogens with zero attached hydrogens (tertiary/aromatic N) is 3. The number of nitrogens with one attached hydrogen (secondary N) is 1. The second-order valence-corrected chi connectivity index (χ2v) is 6.25. The van der Waals surface area contributed by atoms with Crippen LogP contribution in [0.4, 0.5) is 11.4 Å².